The highest BCUT2D eigenvalue weighted by atomic mass is 32.2. The number of nitrogens with zero attached hydrogens (tertiary/aromatic N) is 2. The molecule has 0 amide bonds. The number of rotatable bonds is 14. The number of carbonyl (C=O) groups is 2. The van der Waals surface area contributed by atoms with Crippen molar-refractivity contribution in [2.45, 2.75) is 49.7 Å². The van der Waals surface area contributed by atoms with Crippen LogP contribution in [0, 0.1) is 18.3 Å². The van der Waals surface area contributed by atoms with E-state index in [1.807, 2.05) is 18.4 Å². The fourth-order valence-electron chi connectivity index (χ4n) is 5.77. The number of carbonyl (C=O) groups excluding carboxylic acids is 2. The van der Waals surface area contributed by atoms with E-state index in [9.17, 15) is 27.6 Å². The molecule has 1 unspecified atom stereocenters. The molecule has 2 N–H and O–H groups in total. The molecule has 4 aromatic rings. The van der Waals surface area contributed by atoms with Crippen molar-refractivity contribution in [3.8, 4) is 18.1 Å². The largest absolute Gasteiger partial charge is 0.490 e. The number of halogens is 3. The van der Waals surface area contributed by atoms with E-state index in [0.29, 0.717) is 39.5 Å². The number of Topliss-reactive ketones (excluding diaryl/α,β-unsaturated/α-hetero) is 2. The van der Waals surface area contributed by atoms with E-state index in [4.69, 9.17) is 20.9 Å². The number of hydrogen-bond acceptors (Lipinski definition) is 11. The molecule has 256 valence electrons. The topological polar surface area (TPSA) is 131 Å². The first-order chi connectivity index (χ1) is 23.4. The zero-order valence-electron chi connectivity index (χ0n) is 26.3. The van der Waals surface area contributed by atoms with Crippen LogP contribution in [0.5, 0.6) is 5.75 Å². The highest BCUT2D eigenvalue weighted by Crippen LogP contribution is 2.44. The number of alkyl halides is 3. The number of terminal acetylenes is 1. The van der Waals surface area contributed by atoms with Crippen LogP contribution in [-0.2, 0) is 29.8 Å². The minimum atomic E-state index is -4.64. The van der Waals surface area contributed by atoms with Gasteiger partial charge in [-0.05, 0) is 55.3 Å². The molecule has 0 bridgehead atoms. The van der Waals surface area contributed by atoms with Gasteiger partial charge in [0.2, 0.25) is 5.66 Å². The second-order valence-corrected chi connectivity index (χ2v) is 14.7. The molecule has 6 rings (SSSR count). The first-order valence-electron chi connectivity index (χ1n) is 15.3. The lowest BCUT2D eigenvalue weighted by molar-refractivity contribution is -0.165. The Morgan fingerprint density at radius 3 is 2.73 bits per heavy atom. The summed E-state index contributed by atoms with van der Waals surface area (Å²) in [5, 5.41) is 2.75. The summed E-state index contributed by atoms with van der Waals surface area (Å²) in [6.45, 7) is 6.12. The summed E-state index contributed by atoms with van der Waals surface area (Å²) >= 11 is 3.90. The maximum atomic E-state index is 14.0. The minimum absolute atomic E-state index is 0.0104. The summed E-state index contributed by atoms with van der Waals surface area (Å²) in [4.78, 5) is 47.5. The van der Waals surface area contributed by atoms with E-state index in [1.54, 1.807) is 10.6 Å². The Kier molecular flexibility index (Phi) is 10.2. The highest BCUT2D eigenvalue weighted by Gasteiger charge is 2.65. The number of aromatic nitrogens is 2. The maximum absolute atomic E-state index is 14.0. The van der Waals surface area contributed by atoms with Gasteiger partial charge in [-0.25, -0.2) is 15.8 Å². The van der Waals surface area contributed by atoms with E-state index < -0.39 is 17.8 Å². The zero-order valence-corrected chi connectivity index (χ0v) is 28.7. The van der Waals surface area contributed by atoms with Crippen LogP contribution in [0.2, 0.25) is 0 Å². The Morgan fingerprint density at radius 2 is 2.06 bits per heavy atom. The Labute approximate surface area is 291 Å². The summed E-state index contributed by atoms with van der Waals surface area (Å²) in [5.41, 5.74) is 3.32. The zero-order chi connectivity index (χ0) is 34.9. The predicted octanol–water partition coefficient (Wildman–Crippen LogP) is 5.91. The molecule has 1 saturated heterocycles. The molecule has 2 aliphatic rings. The van der Waals surface area contributed by atoms with Crippen LogP contribution in [0.15, 0.2) is 57.8 Å². The molecular weight excluding hydrogens is 698 g/mol. The van der Waals surface area contributed by atoms with Gasteiger partial charge < -0.3 is 9.47 Å². The van der Waals surface area contributed by atoms with Crippen molar-refractivity contribution in [1.82, 2.24) is 20.4 Å². The second-order valence-electron chi connectivity index (χ2n) is 11.7. The summed E-state index contributed by atoms with van der Waals surface area (Å²) in [6, 6.07) is 7.42. The van der Waals surface area contributed by atoms with Crippen LogP contribution in [0.1, 0.15) is 49.4 Å². The van der Waals surface area contributed by atoms with Gasteiger partial charge in [0, 0.05) is 22.9 Å². The molecule has 1 aliphatic heterocycles. The smallest absolute Gasteiger partial charge is 0.426 e. The Hall–Kier alpha value is -3.78. The second kappa shape index (κ2) is 14.2. The predicted molar refractivity (Wildman–Crippen MR) is 184 cm³/mol. The first kappa shape index (κ1) is 35.1. The molecule has 49 heavy (non-hydrogen) atoms. The maximum Gasteiger partial charge on any atom is 0.426 e. The highest BCUT2D eigenvalue weighted by molar-refractivity contribution is 7.99. The van der Waals surface area contributed by atoms with Gasteiger partial charge in [0.05, 0.1) is 28.2 Å². The van der Waals surface area contributed by atoms with Gasteiger partial charge in [0.25, 0.3) is 5.56 Å². The number of ether oxygens (including phenoxy) is 2. The van der Waals surface area contributed by atoms with E-state index in [2.05, 4.69) is 23.4 Å². The van der Waals surface area contributed by atoms with Crippen molar-refractivity contribution in [2.75, 3.05) is 25.6 Å². The van der Waals surface area contributed by atoms with Crippen molar-refractivity contribution in [2.24, 2.45) is 5.92 Å². The van der Waals surface area contributed by atoms with Crippen LogP contribution < -0.4 is 21.1 Å². The third kappa shape index (κ3) is 7.12. The van der Waals surface area contributed by atoms with Gasteiger partial charge in [0.15, 0.2) is 16.7 Å². The first-order valence-corrected chi connectivity index (χ1v) is 17.9. The molecule has 4 heterocycles. The van der Waals surface area contributed by atoms with E-state index in [-0.39, 0.29) is 66.1 Å². The number of thioether (sulfide) groups is 1. The Bertz CT molecular complexity index is 2030. The molecule has 9 nitrogen and oxygen atoms in total. The van der Waals surface area contributed by atoms with E-state index in [1.165, 1.54) is 52.6 Å². The van der Waals surface area contributed by atoms with Gasteiger partial charge >= 0.3 is 6.18 Å². The van der Waals surface area contributed by atoms with Crippen LogP contribution in [-0.4, -0.2) is 52.9 Å². The van der Waals surface area contributed by atoms with E-state index >= 15 is 0 Å². The van der Waals surface area contributed by atoms with Crippen molar-refractivity contribution in [3.63, 3.8) is 0 Å². The molecule has 1 atom stereocenters. The summed E-state index contributed by atoms with van der Waals surface area (Å²) in [6.07, 6.45) is 1.76. The molecule has 1 fully saturated rings. The van der Waals surface area contributed by atoms with Crippen molar-refractivity contribution < 1.29 is 32.2 Å². The summed E-state index contributed by atoms with van der Waals surface area (Å²) in [5.74, 6) is 1.62. The van der Waals surface area contributed by atoms with Gasteiger partial charge in [0.1, 0.15) is 23.8 Å². The third-order valence-electron chi connectivity index (χ3n) is 8.21. The number of hydrazine groups is 1. The summed E-state index contributed by atoms with van der Waals surface area (Å²) in [7, 11) is 0. The Balaban J connectivity index is 1.28. The Morgan fingerprint density at radius 1 is 1.27 bits per heavy atom. The van der Waals surface area contributed by atoms with Crippen molar-refractivity contribution in [1.29, 1.82) is 0 Å². The van der Waals surface area contributed by atoms with E-state index in [0.717, 1.165) is 16.0 Å². The number of benzene rings is 1. The number of hydrogen-bond donors (Lipinski definition) is 2. The number of fused-ring (bicyclic) bond motifs is 3. The third-order valence-corrected chi connectivity index (χ3v) is 11.2. The van der Waals surface area contributed by atoms with Crippen molar-refractivity contribution in [3.05, 3.63) is 84.7 Å². The van der Waals surface area contributed by atoms with Gasteiger partial charge in [-0.3, -0.25) is 19.0 Å². The molecule has 1 aliphatic carbocycles. The molecule has 0 radical (unpaired) electrons. The normalized spacial score (nSPS) is 16.6. The van der Waals surface area contributed by atoms with Gasteiger partial charge in [-0.15, -0.1) is 29.1 Å². The lowest BCUT2D eigenvalue weighted by Crippen LogP contribution is -2.35. The SMILES string of the molecule is C#CCOCCOc1cc(C2(C(F)(F)F)NN2)ccc1C(=O)C1CCc2c(sc3nc(SCC(=O)c4cccs4)n(CC(=C)C)c(=O)c23)C1. The fourth-order valence-corrected chi connectivity index (χ4v) is 8.75. The molecule has 0 spiro atoms. The van der Waals surface area contributed by atoms with Gasteiger partial charge in [-0.1, -0.05) is 42.0 Å². The summed E-state index contributed by atoms with van der Waals surface area (Å²) < 4.78 is 54.1. The van der Waals surface area contributed by atoms with Crippen LogP contribution >= 0.6 is 34.4 Å². The van der Waals surface area contributed by atoms with Crippen LogP contribution in [0.3, 0.4) is 0 Å². The fraction of sp³-hybridized carbons (Fsp3) is 0.353. The molecule has 0 saturated carbocycles. The molecule has 3 aromatic heterocycles. The lowest BCUT2D eigenvalue weighted by atomic mass is 9.82. The molecule has 15 heteroatoms. The molecular formula is C34H31F3N4O5S3. The monoisotopic (exact) mass is 728 g/mol. The van der Waals surface area contributed by atoms with Gasteiger partial charge in [-0.2, -0.15) is 13.2 Å². The number of aryl methyl sites for hydroxylation is 1. The quantitative estimate of drug-likeness (QED) is 0.0310. The average Bonchev–Trinajstić information content (AvgIpc) is 3.56. The van der Waals surface area contributed by atoms with Crippen molar-refractivity contribution >= 4 is 56.2 Å². The lowest BCUT2D eigenvalue weighted by Gasteiger charge is -2.23. The van der Waals surface area contributed by atoms with Crippen LogP contribution in [0.4, 0.5) is 13.2 Å². The minimum Gasteiger partial charge on any atom is -0.490 e. The number of nitrogens with one attached hydrogen (secondary N) is 2. The number of ketones is 2. The van der Waals surface area contributed by atoms with Crippen LogP contribution in [0.25, 0.3) is 10.2 Å². The average molecular weight is 729 g/mol. The standard InChI is InChI=1S/C34H31F3N4O5S3/c1-4-11-45-12-13-46-25-16-21(33(39-40-33)34(35,36)37)8-10-22(25)29(43)20-7-9-23-27(15-20)49-30-28(23)31(44)41(17-19(2)3)32(38-30)48-18-24(42)26-6-5-14-47-26/h1,5-6,8,10,14,16,20,39-40H,2,7,9,11-13,15,17-18H2,3H3. The number of thiophene rings is 2. The number of allylic oxidation sites excluding steroid dienone is 1. The molecule has 1 aromatic carbocycles.